The van der Waals surface area contributed by atoms with Gasteiger partial charge in [-0.05, 0) is 19.1 Å². The van der Waals surface area contributed by atoms with Crippen molar-refractivity contribution in [2.45, 2.75) is 26.8 Å². The Morgan fingerprint density at radius 1 is 1.04 bits per heavy atom. The number of carbonyl (C=O) groups excluding carboxylic acids is 2. The van der Waals surface area contributed by atoms with Crippen molar-refractivity contribution in [3.05, 3.63) is 54.4 Å². The van der Waals surface area contributed by atoms with E-state index in [-0.39, 0.29) is 11.6 Å². The number of hydrogen-bond acceptors (Lipinski definition) is 4. The molecule has 2 aromatic heterocycles. The summed E-state index contributed by atoms with van der Waals surface area (Å²) in [5, 5.41) is 14.1. The van der Waals surface area contributed by atoms with Crippen LogP contribution >= 0.6 is 0 Å². The summed E-state index contributed by atoms with van der Waals surface area (Å²) in [4.78, 5) is 24.3. The summed E-state index contributed by atoms with van der Waals surface area (Å²) >= 11 is 0. The van der Waals surface area contributed by atoms with Crippen LogP contribution in [0.1, 0.15) is 30.8 Å². The van der Waals surface area contributed by atoms with Crippen LogP contribution in [0.15, 0.2) is 48.7 Å². The maximum absolute atomic E-state index is 12.5. The summed E-state index contributed by atoms with van der Waals surface area (Å²) < 4.78 is 3.25. The van der Waals surface area contributed by atoms with E-state index in [9.17, 15) is 9.59 Å². The average molecular weight is 352 g/mol. The zero-order valence-corrected chi connectivity index (χ0v) is 14.6. The number of aryl methyl sites for hydroxylation is 1. The molecular formula is C18H20N6O2. The molecule has 26 heavy (non-hydrogen) atoms. The van der Waals surface area contributed by atoms with E-state index in [0.717, 1.165) is 5.69 Å². The highest BCUT2D eigenvalue weighted by Crippen LogP contribution is 2.18. The molecule has 0 radical (unpaired) electrons. The molecule has 2 N–H and O–H groups in total. The number of aromatic nitrogens is 4. The molecule has 0 unspecified atom stereocenters. The molecule has 0 saturated carbocycles. The van der Waals surface area contributed by atoms with Crippen LogP contribution < -0.4 is 10.6 Å². The van der Waals surface area contributed by atoms with Crippen molar-refractivity contribution in [3.63, 3.8) is 0 Å². The Hall–Kier alpha value is -3.42. The molecule has 2 heterocycles. The number of benzene rings is 1. The van der Waals surface area contributed by atoms with Gasteiger partial charge in [-0.25, -0.2) is 4.68 Å². The van der Waals surface area contributed by atoms with E-state index in [4.69, 9.17) is 0 Å². The van der Waals surface area contributed by atoms with Gasteiger partial charge >= 0.3 is 0 Å². The molecule has 0 aliphatic rings. The number of rotatable bonds is 6. The first-order valence-corrected chi connectivity index (χ1v) is 8.40. The minimum atomic E-state index is -0.395. The molecule has 0 spiro atoms. The SMILES string of the molecule is CCC(=O)Nc1cc(C(=O)Nc2ccn(CC)n2)nn1-c1ccccc1. The fourth-order valence-electron chi connectivity index (χ4n) is 2.36. The van der Waals surface area contributed by atoms with E-state index in [2.05, 4.69) is 20.8 Å². The highest BCUT2D eigenvalue weighted by molar-refractivity contribution is 6.03. The van der Waals surface area contributed by atoms with E-state index >= 15 is 0 Å². The molecular weight excluding hydrogens is 332 g/mol. The van der Waals surface area contributed by atoms with E-state index in [1.807, 2.05) is 37.3 Å². The van der Waals surface area contributed by atoms with Gasteiger partial charge in [-0.1, -0.05) is 25.1 Å². The smallest absolute Gasteiger partial charge is 0.277 e. The predicted octanol–water partition coefficient (Wildman–Crippen LogP) is 2.69. The molecule has 8 heteroatoms. The summed E-state index contributed by atoms with van der Waals surface area (Å²) in [6, 6.07) is 12.6. The topological polar surface area (TPSA) is 93.8 Å². The van der Waals surface area contributed by atoms with E-state index in [1.54, 1.807) is 29.9 Å². The third kappa shape index (κ3) is 3.80. The minimum Gasteiger partial charge on any atom is -0.311 e. The number of amides is 2. The highest BCUT2D eigenvalue weighted by atomic mass is 16.2. The molecule has 1 aromatic carbocycles. The average Bonchev–Trinajstić information content (AvgIpc) is 3.29. The number of carbonyl (C=O) groups is 2. The monoisotopic (exact) mass is 352 g/mol. The number of nitrogens with one attached hydrogen (secondary N) is 2. The molecule has 2 amide bonds. The number of anilines is 2. The molecule has 134 valence electrons. The van der Waals surface area contributed by atoms with Crippen molar-refractivity contribution in [2.24, 2.45) is 0 Å². The van der Waals surface area contributed by atoms with Crippen molar-refractivity contribution < 1.29 is 9.59 Å². The fourth-order valence-corrected chi connectivity index (χ4v) is 2.36. The van der Waals surface area contributed by atoms with Crippen LogP contribution in [-0.2, 0) is 11.3 Å². The highest BCUT2D eigenvalue weighted by Gasteiger charge is 2.17. The van der Waals surface area contributed by atoms with Crippen LogP contribution in [0.25, 0.3) is 5.69 Å². The van der Waals surface area contributed by atoms with Gasteiger partial charge in [-0.2, -0.15) is 10.2 Å². The lowest BCUT2D eigenvalue weighted by molar-refractivity contribution is -0.115. The van der Waals surface area contributed by atoms with Gasteiger partial charge in [0.15, 0.2) is 11.5 Å². The molecule has 0 atom stereocenters. The first kappa shape index (κ1) is 17.4. The zero-order chi connectivity index (χ0) is 18.5. The van der Waals surface area contributed by atoms with Crippen molar-refractivity contribution in [1.82, 2.24) is 19.6 Å². The van der Waals surface area contributed by atoms with Gasteiger partial charge < -0.3 is 10.6 Å². The van der Waals surface area contributed by atoms with Gasteiger partial charge in [-0.15, -0.1) is 0 Å². The molecule has 3 aromatic rings. The van der Waals surface area contributed by atoms with Gasteiger partial charge in [0.2, 0.25) is 5.91 Å². The normalized spacial score (nSPS) is 10.5. The molecule has 0 aliphatic heterocycles. The van der Waals surface area contributed by atoms with Gasteiger partial charge in [-0.3, -0.25) is 14.3 Å². The summed E-state index contributed by atoms with van der Waals surface area (Å²) in [5.41, 5.74) is 0.930. The quantitative estimate of drug-likeness (QED) is 0.713. The first-order valence-electron chi connectivity index (χ1n) is 8.40. The predicted molar refractivity (Wildman–Crippen MR) is 98.3 cm³/mol. The third-order valence-corrected chi connectivity index (χ3v) is 3.74. The lowest BCUT2D eigenvalue weighted by Crippen LogP contribution is -2.14. The zero-order valence-electron chi connectivity index (χ0n) is 14.6. The Morgan fingerprint density at radius 2 is 1.81 bits per heavy atom. The lowest BCUT2D eigenvalue weighted by atomic mass is 10.3. The molecule has 8 nitrogen and oxygen atoms in total. The van der Waals surface area contributed by atoms with Gasteiger partial charge in [0.25, 0.3) is 5.91 Å². The van der Waals surface area contributed by atoms with E-state index in [1.165, 1.54) is 4.68 Å². The minimum absolute atomic E-state index is 0.157. The van der Waals surface area contributed by atoms with Crippen LogP contribution in [0, 0.1) is 0 Å². The Labute approximate surface area is 150 Å². The van der Waals surface area contributed by atoms with Crippen LogP contribution in [0.5, 0.6) is 0 Å². The second kappa shape index (κ2) is 7.64. The van der Waals surface area contributed by atoms with Crippen LogP contribution in [0.2, 0.25) is 0 Å². The standard InChI is InChI=1S/C18H20N6O2/c1-3-17(25)20-16-12-14(21-24(16)13-8-6-5-7-9-13)18(26)19-15-10-11-23(4-2)22-15/h5-12H,3-4H2,1-2H3,(H,20,25)(H,19,22,26). The van der Waals surface area contributed by atoms with Crippen molar-refractivity contribution in [1.29, 1.82) is 0 Å². The second-order valence-electron chi connectivity index (χ2n) is 5.57. The lowest BCUT2D eigenvalue weighted by Gasteiger charge is -2.07. The second-order valence-corrected chi connectivity index (χ2v) is 5.57. The summed E-state index contributed by atoms with van der Waals surface area (Å²) in [7, 11) is 0. The number of hydrogen-bond donors (Lipinski definition) is 2. The van der Waals surface area contributed by atoms with Crippen molar-refractivity contribution in [3.8, 4) is 5.69 Å². The van der Waals surface area contributed by atoms with Gasteiger partial charge in [0, 0.05) is 31.3 Å². The van der Waals surface area contributed by atoms with Crippen LogP contribution in [0.3, 0.4) is 0 Å². The Bertz CT molecular complexity index is 913. The molecule has 0 saturated heterocycles. The first-order chi connectivity index (χ1) is 12.6. The largest absolute Gasteiger partial charge is 0.311 e. The van der Waals surface area contributed by atoms with Crippen LogP contribution in [-0.4, -0.2) is 31.4 Å². The Kier molecular flexibility index (Phi) is 5.12. The number of para-hydroxylation sites is 1. The molecule has 0 bridgehead atoms. The molecule has 0 aliphatic carbocycles. The Balaban J connectivity index is 1.89. The van der Waals surface area contributed by atoms with E-state index in [0.29, 0.717) is 24.6 Å². The maximum atomic E-state index is 12.5. The number of nitrogens with zero attached hydrogens (tertiary/aromatic N) is 4. The summed E-state index contributed by atoms with van der Waals surface area (Å²) in [6.45, 7) is 4.44. The molecule has 0 fully saturated rings. The van der Waals surface area contributed by atoms with Crippen molar-refractivity contribution >= 4 is 23.5 Å². The van der Waals surface area contributed by atoms with Gasteiger partial charge in [0.1, 0.15) is 5.82 Å². The van der Waals surface area contributed by atoms with Gasteiger partial charge in [0.05, 0.1) is 5.69 Å². The Morgan fingerprint density at radius 3 is 2.46 bits per heavy atom. The summed E-state index contributed by atoms with van der Waals surface area (Å²) in [5.74, 6) is 0.335. The fraction of sp³-hybridized carbons (Fsp3) is 0.222. The third-order valence-electron chi connectivity index (χ3n) is 3.74. The maximum Gasteiger partial charge on any atom is 0.277 e. The van der Waals surface area contributed by atoms with E-state index < -0.39 is 5.91 Å². The van der Waals surface area contributed by atoms with Crippen molar-refractivity contribution in [2.75, 3.05) is 10.6 Å². The summed E-state index contributed by atoms with van der Waals surface area (Å²) in [6.07, 6.45) is 2.11. The van der Waals surface area contributed by atoms with Crippen LogP contribution in [0.4, 0.5) is 11.6 Å². The molecule has 3 rings (SSSR count).